The third-order valence-electron chi connectivity index (χ3n) is 4.53. The van der Waals surface area contributed by atoms with Gasteiger partial charge in [0.15, 0.2) is 0 Å². The first-order valence-electron chi connectivity index (χ1n) is 7.15. The number of carboxylic acid groups (broad SMARTS) is 1. The van der Waals surface area contributed by atoms with Gasteiger partial charge in [-0.15, -0.1) is 0 Å². The third-order valence-corrected chi connectivity index (χ3v) is 4.53. The number of rotatable bonds is 6. The van der Waals surface area contributed by atoms with Crippen LogP contribution < -0.4 is 11.1 Å². The second-order valence-electron chi connectivity index (χ2n) is 5.82. The molecule has 3 atom stereocenters. The van der Waals surface area contributed by atoms with E-state index in [-0.39, 0.29) is 17.7 Å². The number of carboxylic acids is 1. The zero-order valence-electron chi connectivity index (χ0n) is 11.9. The highest BCUT2D eigenvalue weighted by atomic mass is 16.4. The Hall–Kier alpha value is -1.10. The van der Waals surface area contributed by atoms with E-state index >= 15 is 0 Å². The Morgan fingerprint density at radius 1 is 1.37 bits per heavy atom. The fourth-order valence-electron chi connectivity index (χ4n) is 2.61. The monoisotopic (exact) mass is 270 g/mol. The molecule has 0 saturated heterocycles. The zero-order chi connectivity index (χ0) is 14.5. The highest BCUT2D eigenvalue weighted by Gasteiger charge is 2.33. The van der Waals surface area contributed by atoms with E-state index < -0.39 is 11.4 Å². The summed E-state index contributed by atoms with van der Waals surface area (Å²) in [7, 11) is 0. The lowest BCUT2D eigenvalue weighted by Crippen LogP contribution is -2.46. The average molecular weight is 270 g/mol. The summed E-state index contributed by atoms with van der Waals surface area (Å²) in [5.41, 5.74) is 5.10. The van der Waals surface area contributed by atoms with Gasteiger partial charge in [-0.1, -0.05) is 19.8 Å². The van der Waals surface area contributed by atoms with E-state index in [0.717, 1.165) is 25.7 Å². The van der Waals surface area contributed by atoms with E-state index in [1.54, 1.807) is 0 Å². The number of amides is 1. The van der Waals surface area contributed by atoms with Gasteiger partial charge in [0, 0.05) is 13.1 Å². The average Bonchev–Trinajstić information content (AvgIpc) is 2.43. The van der Waals surface area contributed by atoms with Gasteiger partial charge >= 0.3 is 5.97 Å². The van der Waals surface area contributed by atoms with Crippen molar-refractivity contribution in [2.24, 2.45) is 23.0 Å². The fraction of sp³-hybridized carbons (Fsp3) is 0.857. The number of carbonyl (C=O) groups is 2. The predicted octanol–water partition coefficient (Wildman–Crippen LogP) is 1.37. The molecule has 4 N–H and O–H groups in total. The van der Waals surface area contributed by atoms with Gasteiger partial charge in [-0.3, -0.25) is 9.59 Å². The van der Waals surface area contributed by atoms with Crippen LogP contribution in [0.1, 0.15) is 46.0 Å². The van der Waals surface area contributed by atoms with Crippen LogP contribution in [-0.2, 0) is 9.59 Å². The van der Waals surface area contributed by atoms with Crippen molar-refractivity contribution in [3.05, 3.63) is 0 Å². The smallest absolute Gasteiger partial charge is 0.306 e. The van der Waals surface area contributed by atoms with Crippen LogP contribution in [0, 0.1) is 17.3 Å². The lowest BCUT2D eigenvalue weighted by atomic mass is 9.79. The molecule has 1 aliphatic rings. The molecule has 0 spiro atoms. The quantitative estimate of drug-likeness (QED) is 0.679. The molecule has 1 amide bonds. The maximum atomic E-state index is 12.1. The van der Waals surface area contributed by atoms with E-state index in [1.807, 2.05) is 13.8 Å². The molecular formula is C14H26N2O3. The second-order valence-corrected chi connectivity index (χ2v) is 5.82. The van der Waals surface area contributed by atoms with E-state index in [4.69, 9.17) is 5.73 Å². The summed E-state index contributed by atoms with van der Waals surface area (Å²) in [6.07, 6.45) is 4.30. The van der Waals surface area contributed by atoms with Crippen LogP contribution in [0.25, 0.3) is 0 Å². The number of nitrogens with two attached hydrogens (primary N) is 1. The molecule has 1 rings (SSSR count). The molecule has 1 saturated carbocycles. The highest BCUT2D eigenvalue weighted by molar-refractivity contribution is 5.82. The van der Waals surface area contributed by atoms with Gasteiger partial charge in [-0.2, -0.15) is 0 Å². The van der Waals surface area contributed by atoms with Gasteiger partial charge in [0.2, 0.25) is 5.91 Å². The predicted molar refractivity (Wildman–Crippen MR) is 73.5 cm³/mol. The Labute approximate surface area is 114 Å². The topological polar surface area (TPSA) is 92.4 Å². The molecule has 0 radical (unpaired) electrons. The number of aliphatic carboxylic acids is 1. The number of nitrogens with one attached hydrogen (secondary N) is 1. The molecule has 0 bridgehead atoms. The second kappa shape index (κ2) is 6.89. The zero-order valence-corrected chi connectivity index (χ0v) is 11.9. The molecule has 0 aliphatic heterocycles. The molecule has 0 aromatic rings. The first-order chi connectivity index (χ1) is 8.94. The molecular weight excluding hydrogens is 244 g/mol. The van der Waals surface area contributed by atoms with Crippen molar-refractivity contribution in [1.82, 2.24) is 5.32 Å². The van der Waals surface area contributed by atoms with Gasteiger partial charge in [0.1, 0.15) is 0 Å². The van der Waals surface area contributed by atoms with E-state index in [9.17, 15) is 14.7 Å². The van der Waals surface area contributed by atoms with Crippen LogP contribution in [-0.4, -0.2) is 30.1 Å². The molecule has 1 aliphatic carbocycles. The fourth-order valence-corrected chi connectivity index (χ4v) is 2.61. The van der Waals surface area contributed by atoms with Gasteiger partial charge in [0.05, 0.1) is 11.3 Å². The van der Waals surface area contributed by atoms with Crippen molar-refractivity contribution in [2.45, 2.75) is 46.0 Å². The minimum atomic E-state index is -0.740. The van der Waals surface area contributed by atoms with Gasteiger partial charge in [-0.05, 0) is 32.1 Å². The van der Waals surface area contributed by atoms with Crippen LogP contribution >= 0.6 is 0 Å². The van der Waals surface area contributed by atoms with Crippen molar-refractivity contribution >= 4 is 11.9 Å². The number of carbonyl (C=O) groups excluding carboxylic acids is 1. The van der Waals surface area contributed by atoms with Gasteiger partial charge in [-0.25, -0.2) is 0 Å². The Bertz CT molecular complexity index is 327. The normalized spacial score (nSPS) is 26.5. The Kier molecular flexibility index (Phi) is 5.79. The number of hydrogen-bond acceptors (Lipinski definition) is 3. The van der Waals surface area contributed by atoms with Crippen molar-refractivity contribution in [3.63, 3.8) is 0 Å². The van der Waals surface area contributed by atoms with E-state index in [2.05, 4.69) is 5.32 Å². The largest absolute Gasteiger partial charge is 0.481 e. The van der Waals surface area contributed by atoms with Crippen LogP contribution in [0.4, 0.5) is 0 Å². The number of hydrogen-bond donors (Lipinski definition) is 3. The van der Waals surface area contributed by atoms with Crippen LogP contribution in [0.5, 0.6) is 0 Å². The first-order valence-corrected chi connectivity index (χ1v) is 7.15. The van der Waals surface area contributed by atoms with Gasteiger partial charge in [0.25, 0.3) is 0 Å². The Morgan fingerprint density at radius 2 is 2.00 bits per heavy atom. The lowest BCUT2D eigenvalue weighted by Gasteiger charge is -2.31. The molecule has 19 heavy (non-hydrogen) atoms. The van der Waals surface area contributed by atoms with Crippen molar-refractivity contribution in [1.29, 1.82) is 0 Å². The summed E-state index contributed by atoms with van der Waals surface area (Å²) in [5, 5.41) is 12.1. The molecule has 5 nitrogen and oxygen atoms in total. The third kappa shape index (κ3) is 3.93. The van der Waals surface area contributed by atoms with Crippen LogP contribution in [0.3, 0.4) is 0 Å². The molecule has 5 heteroatoms. The summed E-state index contributed by atoms with van der Waals surface area (Å²) in [6.45, 7) is 4.54. The lowest BCUT2D eigenvalue weighted by molar-refractivity contribution is -0.145. The minimum absolute atomic E-state index is 0.0501. The molecule has 0 aromatic carbocycles. The summed E-state index contributed by atoms with van der Waals surface area (Å²) in [6, 6.07) is 0. The molecule has 110 valence electrons. The maximum Gasteiger partial charge on any atom is 0.306 e. The van der Waals surface area contributed by atoms with Crippen molar-refractivity contribution < 1.29 is 14.7 Å². The van der Waals surface area contributed by atoms with E-state index in [0.29, 0.717) is 19.5 Å². The van der Waals surface area contributed by atoms with Crippen molar-refractivity contribution in [2.75, 3.05) is 13.1 Å². The Balaban J connectivity index is 2.55. The first kappa shape index (κ1) is 16.0. The molecule has 1 fully saturated rings. The standard InChI is InChI=1S/C14H26N2O3/c1-3-14(2,9-15)13(19)16-8-10-6-4-5-7-11(10)12(17)18/h10-11H,3-9,15H2,1-2H3,(H,16,19)(H,17,18). The molecule has 3 unspecified atom stereocenters. The minimum Gasteiger partial charge on any atom is -0.481 e. The van der Waals surface area contributed by atoms with E-state index in [1.165, 1.54) is 0 Å². The highest BCUT2D eigenvalue weighted by Crippen LogP contribution is 2.30. The molecule has 0 aromatic heterocycles. The van der Waals surface area contributed by atoms with Gasteiger partial charge < -0.3 is 16.2 Å². The Morgan fingerprint density at radius 3 is 2.53 bits per heavy atom. The van der Waals surface area contributed by atoms with Crippen LogP contribution in [0.2, 0.25) is 0 Å². The van der Waals surface area contributed by atoms with Crippen LogP contribution in [0.15, 0.2) is 0 Å². The summed E-state index contributed by atoms with van der Waals surface area (Å²) >= 11 is 0. The molecule has 0 heterocycles. The van der Waals surface area contributed by atoms with Crippen molar-refractivity contribution in [3.8, 4) is 0 Å². The maximum absolute atomic E-state index is 12.1. The summed E-state index contributed by atoms with van der Waals surface area (Å²) in [4.78, 5) is 23.3. The summed E-state index contributed by atoms with van der Waals surface area (Å²) < 4.78 is 0. The summed E-state index contributed by atoms with van der Waals surface area (Å²) in [5.74, 6) is -1.07. The SMILES string of the molecule is CCC(C)(CN)C(=O)NCC1CCCCC1C(=O)O.